The van der Waals surface area contributed by atoms with Gasteiger partial charge in [-0.05, 0) is 25.8 Å². The molecular formula is C13H18ClN3O3S. The maximum atomic E-state index is 12.1. The number of nitrogens with one attached hydrogen (secondary N) is 1. The third kappa shape index (κ3) is 3.93. The lowest BCUT2D eigenvalue weighted by Crippen LogP contribution is -2.46. The number of pyridine rings is 1. The monoisotopic (exact) mass is 331 g/mol. The van der Waals surface area contributed by atoms with E-state index in [1.165, 1.54) is 16.7 Å². The molecule has 1 saturated heterocycles. The number of piperidine rings is 1. The van der Waals surface area contributed by atoms with Crippen molar-refractivity contribution in [3.8, 4) is 0 Å². The molecule has 1 aliphatic rings. The molecule has 0 unspecified atom stereocenters. The summed E-state index contributed by atoms with van der Waals surface area (Å²) in [7, 11) is -3.14. The molecular weight excluding hydrogens is 314 g/mol. The Morgan fingerprint density at radius 3 is 2.71 bits per heavy atom. The van der Waals surface area contributed by atoms with Crippen LogP contribution in [-0.2, 0) is 10.0 Å². The van der Waals surface area contributed by atoms with Crippen molar-refractivity contribution in [2.24, 2.45) is 0 Å². The van der Waals surface area contributed by atoms with Gasteiger partial charge >= 0.3 is 0 Å². The molecule has 1 aromatic heterocycles. The summed E-state index contributed by atoms with van der Waals surface area (Å²) in [6.07, 6.45) is 4.14. The van der Waals surface area contributed by atoms with Crippen molar-refractivity contribution in [2.75, 3.05) is 18.8 Å². The highest BCUT2D eigenvalue weighted by Crippen LogP contribution is 2.17. The Bertz CT molecular complexity index is 613. The van der Waals surface area contributed by atoms with Crippen LogP contribution in [0, 0.1) is 0 Å². The van der Waals surface area contributed by atoms with Crippen LogP contribution in [0.2, 0.25) is 5.02 Å². The van der Waals surface area contributed by atoms with Crippen LogP contribution < -0.4 is 5.32 Å². The predicted molar refractivity (Wildman–Crippen MR) is 80.8 cm³/mol. The Hall–Kier alpha value is -1.18. The van der Waals surface area contributed by atoms with Crippen molar-refractivity contribution in [2.45, 2.75) is 25.8 Å². The van der Waals surface area contributed by atoms with E-state index in [9.17, 15) is 13.2 Å². The average Bonchev–Trinajstić information content (AvgIpc) is 2.48. The number of nitrogens with zero attached hydrogens (tertiary/aromatic N) is 2. The van der Waals surface area contributed by atoms with Gasteiger partial charge in [-0.2, -0.15) is 0 Å². The normalized spacial score (nSPS) is 17.6. The second-order valence-electron chi connectivity index (χ2n) is 4.90. The predicted octanol–water partition coefficient (Wildman–Crippen LogP) is 1.28. The van der Waals surface area contributed by atoms with Crippen molar-refractivity contribution < 1.29 is 13.2 Å². The maximum absolute atomic E-state index is 12.1. The molecule has 1 aliphatic heterocycles. The van der Waals surface area contributed by atoms with Gasteiger partial charge in [0.25, 0.3) is 5.91 Å². The Kier molecular flexibility index (Phi) is 5.18. The Labute approximate surface area is 129 Å². The lowest BCUT2D eigenvalue weighted by Gasteiger charge is -2.31. The molecule has 8 heteroatoms. The molecule has 116 valence electrons. The van der Waals surface area contributed by atoms with Crippen molar-refractivity contribution in [1.82, 2.24) is 14.6 Å². The minimum Gasteiger partial charge on any atom is -0.349 e. The fourth-order valence-electron chi connectivity index (χ4n) is 2.28. The highest BCUT2D eigenvalue weighted by Gasteiger charge is 2.27. The zero-order chi connectivity index (χ0) is 15.5. The van der Waals surface area contributed by atoms with E-state index in [-0.39, 0.29) is 17.7 Å². The highest BCUT2D eigenvalue weighted by atomic mass is 35.5. The van der Waals surface area contributed by atoms with Crippen LogP contribution in [0.5, 0.6) is 0 Å². The number of carbonyl (C=O) groups excluding carboxylic acids is 1. The minimum atomic E-state index is -3.14. The molecule has 2 heterocycles. The first-order valence-electron chi connectivity index (χ1n) is 6.82. The molecule has 0 aliphatic carbocycles. The third-order valence-electron chi connectivity index (χ3n) is 3.56. The molecule has 1 N–H and O–H groups in total. The number of carbonyl (C=O) groups is 1. The second kappa shape index (κ2) is 6.72. The van der Waals surface area contributed by atoms with Crippen LogP contribution >= 0.6 is 11.6 Å². The number of aromatic nitrogens is 1. The van der Waals surface area contributed by atoms with E-state index in [0.29, 0.717) is 36.5 Å². The van der Waals surface area contributed by atoms with E-state index < -0.39 is 10.0 Å². The summed E-state index contributed by atoms with van der Waals surface area (Å²) in [6, 6.07) is 1.53. The van der Waals surface area contributed by atoms with Crippen molar-refractivity contribution in [3.05, 3.63) is 29.0 Å². The molecule has 6 nitrogen and oxygen atoms in total. The second-order valence-corrected chi connectivity index (χ2v) is 7.57. The first kappa shape index (κ1) is 16.2. The van der Waals surface area contributed by atoms with E-state index in [2.05, 4.69) is 10.3 Å². The van der Waals surface area contributed by atoms with Gasteiger partial charge in [0.15, 0.2) is 0 Å². The number of rotatable bonds is 4. The van der Waals surface area contributed by atoms with Gasteiger partial charge in [-0.15, -0.1) is 0 Å². The van der Waals surface area contributed by atoms with E-state index >= 15 is 0 Å². The molecule has 2 rings (SSSR count). The topological polar surface area (TPSA) is 79.4 Å². The van der Waals surface area contributed by atoms with Gasteiger partial charge in [-0.1, -0.05) is 11.6 Å². The maximum Gasteiger partial charge on any atom is 0.253 e. The Morgan fingerprint density at radius 2 is 2.14 bits per heavy atom. The number of sulfonamides is 1. The molecule has 1 aromatic rings. The van der Waals surface area contributed by atoms with Crippen LogP contribution in [0.4, 0.5) is 0 Å². The molecule has 1 fully saturated rings. The molecule has 0 saturated carbocycles. The summed E-state index contributed by atoms with van der Waals surface area (Å²) in [4.78, 5) is 15.9. The van der Waals surface area contributed by atoms with Gasteiger partial charge in [0, 0.05) is 31.5 Å². The zero-order valence-electron chi connectivity index (χ0n) is 11.8. The third-order valence-corrected chi connectivity index (χ3v) is 5.75. The standard InChI is InChI=1S/C13H18ClN3O3S/c1-2-21(19,20)17-7-4-10(5-8-17)16-13(18)11-3-6-15-9-12(11)14/h3,6,9-10H,2,4-5,7-8H2,1H3,(H,16,18). The first-order chi connectivity index (χ1) is 9.94. The number of hydrogen-bond acceptors (Lipinski definition) is 4. The fraction of sp³-hybridized carbons (Fsp3) is 0.538. The average molecular weight is 332 g/mol. The van der Waals surface area contributed by atoms with Crippen LogP contribution in [0.3, 0.4) is 0 Å². The van der Waals surface area contributed by atoms with Crippen LogP contribution in [0.15, 0.2) is 18.5 Å². The smallest absolute Gasteiger partial charge is 0.253 e. The van der Waals surface area contributed by atoms with Crippen molar-refractivity contribution >= 4 is 27.5 Å². The Morgan fingerprint density at radius 1 is 1.48 bits per heavy atom. The molecule has 21 heavy (non-hydrogen) atoms. The summed E-state index contributed by atoms with van der Waals surface area (Å²) >= 11 is 5.93. The van der Waals surface area contributed by atoms with Gasteiger partial charge in [0.05, 0.1) is 16.3 Å². The minimum absolute atomic E-state index is 0.0370. The van der Waals surface area contributed by atoms with E-state index in [1.54, 1.807) is 13.0 Å². The quantitative estimate of drug-likeness (QED) is 0.901. The summed E-state index contributed by atoms with van der Waals surface area (Å²) < 4.78 is 25.0. The van der Waals surface area contributed by atoms with Crippen LogP contribution in [0.1, 0.15) is 30.1 Å². The summed E-state index contributed by atoms with van der Waals surface area (Å²) in [5.74, 6) is -0.143. The van der Waals surface area contributed by atoms with E-state index in [1.807, 2.05) is 0 Å². The van der Waals surface area contributed by atoms with Gasteiger partial charge in [-0.3, -0.25) is 9.78 Å². The molecule has 0 aromatic carbocycles. The summed E-state index contributed by atoms with van der Waals surface area (Å²) in [6.45, 7) is 2.50. The molecule has 1 amide bonds. The van der Waals surface area contributed by atoms with Gasteiger partial charge < -0.3 is 5.32 Å². The first-order valence-corrected chi connectivity index (χ1v) is 8.81. The largest absolute Gasteiger partial charge is 0.349 e. The summed E-state index contributed by atoms with van der Waals surface area (Å²) in [5, 5.41) is 3.20. The van der Waals surface area contributed by atoms with Crippen LogP contribution in [-0.4, -0.2) is 48.5 Å². The number of hydrogen-bond donors (Lipinski definition) is 1. The fourth-order valence-corrected chi connectivity index (χ4v) is 3.62. The lowest BCUT2D eigenvalue weighted by molar-refractivity contribution is 0.0924. The molecule has 0 spiro atoms. The zero-order valence-corrected chi connectivity index (χ0v) is 13.3. The Balaban J connectivity index is 1.92. The van der Waals surface area contributed by atoms with Crippen molar-refractivity contribution in [3.63, 3.8) is 0 Å². The van der Waals surface area contributed by atoms with Crippen LogP contribution in [0.25, 0.3) is 0 Å². The van der Waals surface area contributed by atoms with E-state index in [0.717, 1.165) is 0 Å². The van der Waals surface area contributed by atoms with Gasteiger partial charge in [0.2, 0.25) is 10.0 Å². The SMILES string of the molecule is CCS(=O)(=O)N1CCC(NC(=O)c2ccncc2Cl)CC1. The van der Waals surface area contributed by atoms with Gasteiger partial charge in [-0.25, -0.2) is 12.7 Å². The highest BCUT2D eigenvalue weighted by molar-refractivity contribution is 7.89. The number of amides is 1. The van der Waals surface area contributed by atoms with Crippen molar-refractivity contribution in [1.29, 1.82) is 0 Å². The molecule has 0 radical (unpaired) electrons. The van der Waals surface area contributed by atoms with E-state index in [4.69, 9.17) is 11.6 Å². The molecule has 0 atom stereocenters. The lowest BCUT2D eigenvalue weighted by atomic mass is 10.1. The van der Waals surface area contributed by atoms with Gasteiger partial charge in [0.1, 0.15) is 0 Å². The number of halogens is 1. The summed E-state index contributed by atoms with van der Waals surface area (Å²) in [5.41, 5.74) is 0.385. The molecule has 0 bridgehead atoms.